The molecule has 0 saturated carbocycles. The molecule has 2 aromatic rings. The SMILES string of the molecule is NC(=O)CC[C@H](N)C(=O)OCCOc1cccc2c1C(=O)c1c(OCCOC(=O)[C@@H](N)CCC(N)=O)cc(NC(=O)CCl)cc1C2=O. The van der Waals surface area contributed by atoms with Gasteiger partial charge >= 0.3 is 11.9 Å². The van der Waals surface area contributed by atoms with E-state index in [2.05, 4.69) is 5.32 Å². The number of hydrogen-bond donors (Lipinski definition) is 5. The molecular formula is C30H34ClN5O11. The summed E-state index contributed by atoms with van der Waals surface area (Å²) in [4.78, 5) is 85.6. The number of nitrogens with one attached hydrogen (secondary N) is 1. The molecule has 0 fully saturated rings. The summed E-state index contributed by atoms with van der Waals surface area (Å²) in [6, 6.07) is 4.82. The van der Waals surface area contributed by atoms with E-state index in [0.717, 1.165) is 0 Å². The topological polar surface area (TPSA) is 273 Å². The number of alkyl halides is 1. The van der Waals surface area contributed by atoms with Crippen LogP contribution in [0.25, 0.3) is 0 Å². The Morgan fingerprint density at radius 1 is 0.723 bits per heavy atom. The Morgan fingerprint density at radius 3 is 1.79 bits per heavy atom. The third kappa shape index (κ3) is 9.96. The number of hydrogen-bond acceptors (Lipinski definition) is 13. The summed E-state index contributed by atoms with van der Waals surface area (Å²) < 4.78 is 21.6. The van der Waals surface area contributed by atoms with Crippen LogP contribution in [0.2, 0.25) is 0 Å². The van der Waals surface area contributed by atoms with Gasteiger partial charge in [0.1, 0.15) is 55.9 Å². The molecule has 0 heterocycles. The van der Waals surface area contributed by atoms with Gasteiger partial charge in [-0.2, -0.15) is 0 Å². The summed E-state index contributed by atoms with van der Waals surface area (Å²) in [5.74, 6) is -5.11. The average molecular weight is 676 g/mol. The molecule has 9 N–H and O–H groups in total. The highest BCUT2D eigenvalue weighted by Crippen LogP contribution is 2.39. The van der Waals surface area contributed by atoms with E-state index in [-0.39, 0.29) is 97.4 Å². The molecule has 47 heavy (non-hydrogen) atoms. The highest BCUT2D eigenvalue weighted by atomic mass is 35.5. The zero-order chi connectivity index (χ0) is 34.7. The molecule has 3 amide bonds. The number of anilines is 1. The van der Waals surface area contributed by atoms with Crippen molar-refractivity contribution in [3.05, 3.63) is 52.6 Å². The Balaban J connectivity index is 1.79. The van der Waals surface area contributed by atoms with Crippen LogP contribution in [0.4, 0.5) is 5.69 Å². The van der Waals surface area contributed by atoms with Crippen LogP contribution in [0.1, 0.15) is 57.5 Å². The molecule has 1 aliphatic carbocycles. The van der Waals surface area contributed by atoms with Crippen molar-refractivity contribution in [2.45, 2.75) is 37.8 Å². The van der Waals surface area contributed by atoms with Crippen molar-refractivity contribution < 1.29 is 52.5 Å². The Bertz CT molecular complexity index is 1560. The summed E-state index contributed by atoms with van der Waals surface area (Å²) in [6.07, 6.45) is -0.213. The molecule has 17 heteroatoms. The monoisotopic (exact) mass is 675 g/mol. The first-order valence-electron chi connectivity index (χ1n) is 14.3. The average Bonchev–Trinajstić information content (AvgIpc) is 3.04. The van der Waals surface area contributed by atoms with Crippen molar-refractivity contribution in [3.63, 3.8) is 0 Å². The molecule has 0 aliphatic heterocycles. The van der Waals surface area contributed by atoms with E-state index in [4.69, 9.17) is 53.5 Å². The molecule has 0 bridgehead atoms. The van der Waals surface area contributed by atoms with E-state index in [0.29, 0.717) is 0 Å². The molecule has 2 aromatic carbocycles. The van der Waals surface area contributed by atoms with E-state index in [1.807, 2.05) is 0 Å². The maximum Gasteiger partial charge on any atom is 0.323 e. The van der Waals surface area contributed by atoms with Gasteiger partial charge in [0, 0.05) is 35.7 Å². The number of primary amides is 2. The lowest BCUT2D eigenvalue weighted by atomic mass is 9.82. The number of carbonyl (C=O) groups is 7. The fraction of sp³-hybridized carbons (Fsp3) is 0.367. The number of fused-ring (bicyclic) bond motifs is 2. The van der Waals surface area contributed by atoms with Gasteiger partial charge in [-0.1, -0.05) is 12.1 Å². The second-order valence-electron chi connectivity index (χ2n) is 10.2. The van der Waals surface area contributed by atoms with Gasteiger partial charge < -0.3 is 47.2 Å². The third-order valence-corrected chi connectivity index (χ3v) is 6.90. The van der Waals surface area contributed by atoms with Gasteiger partial charge in [0.05, 0.1) is 11.1 Å². The lowest BCUT2D eigenvalue weighted by Gasteiger charge is -2.23. The molecule has 0 saturated heterocycles. The standard InChI is InChI=1S/C30H34ClN5O11/c31-14-24(39)36-15-12-17-26(21(13-15)45-9-11-47-30(43)19(33)5-7-23(35)38)28(41)25-16(27(17)40)2-1-3-20(25)44-8-10-46-29(42)18(32)4-6-22(34)37/h1-3,12-13,18-19H,4-11,14,32-33H2,(H2,34,37)(H2,35,38)(H,36,39)/t18-,19-/m0/s1. The first kappa shape index (κ1) is 36.4. The maximum absolute atomic E-state index is 13.9. The molecule has 0 unspecified atom stereocenters. The Labute approximate surface area is 273 Å². The van der Waals surface area contributed by atoms with Crippen molar-refractivity contribution in [1.82, 2.24) is 0 Å². The zero-order valence-corrected chi connectivity index (χ0v) is 25.8. The third-order valence-electron chi connectivity index (χ3n) is 6.66. The highest BCUT2D eigenvalue weighted by molar-refractivity contribution is 6.31. The van der Waals surface area contributed by atoms with E-state index >= 15 is 0 Å². The molecule has 252 valence electrons. The Hall–Kier alpha value is -5.06. The van der Waals surface area contributed by atoms with E-state index in [1.54, 1.807) is 0 Å². The van der Waals surface area contributed by atoms with E-state index in [9.17, 15) is 33.6 Å². The number of ketones is 2. The van der Waals surface area contributed by atoms with Gasteiger partial charge in [-0.15, -0.1) is 11.6 Å². The van der Waals surface area contributed by atoms with Crippen LogP contribution < -0.4 is 37.7 Å². The minimum absolute atomic E-state index is 0.00580. The second kappa shape index (κ2) is 17.0. The largest absolute Gasteiger partial charge is 0.489 e. The number of benzene rings is 2. The number of ether oxygens (including phenoxy) is 4. The lowest BCUT2D eigenvalue weighted by Crippen LogP contribution is -2.34. The maximum atomic E-state index is 13.9. The minimum Gasteiger partial charge on any atom is -0.489 e. The smallest absolute Gasteiger partial charge is 0.323 e. The fourth-order valence-electron chi connectivity index (χ4n) is 4.39. The normalized spacial score (nSPS) is 13.0. The van der Waals surface area contributed by atoms with Gasteiger partial charge in [0.15, 0.2) is 5.78 Å². The van der Waals surface area contributed by atoms with Crippen molar-refractivity contribution in [2.75, 3.05) is 37.6 Å². The molecule has 3 rings (SSSR count). The van der Waals surface area contributed by atoms with Crippen LogP contribution in [0, 0.1) is 0 Å². The van der Waals surface area contributed by atoms with Crippen molar-refractivity contribution >= 4 is 58.5 Å². The summed E-state index contributed by atoms with van der Waals surface area (Å²) in [6.45, 7) is -1.06. The molecule has 16 nitrogen and oxygen atoms in total. The quantitative estimate of drug-likeness (QED) is 0.0657. The summed E-state index contributed by atoms with van der Waals surface area (Å²) >= 11 is 5.62. The van der Waals surface area contributed by atoms with Crippen molar-refractivity contribution in [1.29, 1.82) is 0 Å². The summed E-state index contributed by atoms with van der Waals surface area (Å²) in [5.41, 5.74) is 21.3. The second-order valence-corrected chi connectivity index (χ2v) is 10.4. The molecule has 2 atom stereocenters. The molecule has 0 aromatic heterocycles. The predicted octanol–water partition coefficient (Wildman–Crippen LogP) is -0.331. The van der Waals surface area contributed by atoms with Gasteiger partial charge in [-0.3, -0.25) is 33.6 Å². The van der Waals surface area contributed by atoms with Crippen molar-refractivity contribution in [2.24, 2.45) is 22.9 Å². The minimum atomic E-state index is -1.10. The fourth-order valence-corrected chi connectivity index (χ4v) is 4.45. The van der Waals surface area contributed by atoms with Gasteiger partial charge in [-0.25, -0.2) is 0 Å². The predicted molar refractivity (Wildman–Crippen MR) is 165 cm³/mol. The van der Waals surface area contributed by atoms with Crippen LogP contribution in [0.15, 0.2) is 30.3 Å². The number of amides is 3. The molecule has 0 radical (unpaired) electrons. The van der Waals surface area contributed by atoms with Crippen LogP contribution in [0.5, 0.6) is 11.5 Å². The first-order chi connectivity index (χ1) is 22.3. The summed E-state index contributed by atoms with van der Waals surface area (Å²) in [5, 5.41) is 2.51. The van der Waals surface area contributed by atoms with Crippen molar-refractivity contribution in [3.8, 4) is 11.5 Å². The number of carbonyl (C=O) groups excluding carboxylic acids is 7. The van der Waals surface area contributed by atoms with Crippen LogP contribution >= 0.6 is 11.6 Å². The Kier molecular flexibility index (Phi) is 13.2. The zero-order valence-electron chi connectivity index (χ0n) is 25.1. The number of halogens is 1. The van der Waals surface area contributed by atoms with Gasteiger partial charge in [-0.05, 0) is 25.0 Å². The number of nitrogens with two attached hydrogens (primary N) is 4. The molecule has 0 spiro atoms. The van der Waals surface area contributed by atoms with E-state index < -0.39 is 53.3 Å². The first-order valence-corrected chi connectivity index (χ1v) is 14.8. The van der Waals surface area contributed by atoms with Crippen LogP contribution in [-0.4, -0.2) is 85.6 Å². The molecular weight excluding hydrogens is 642 g/mol. The lowest BCUT2D eigenvalue weighted by molar-refractivity contribution is -0.147. The number of esters is 2. The van der Waals surface area contributed by atoms with Crippen LogP contribution in [-0.2, 0) is 33.4 Å². The van der Waals surface area contributed by atoms with E-state index in [1.165, 1.54) is 30.3 Å². The number of rotatable bonds is 18. The summed E-state index contributed by atoms with van der Waals surface area (Å²) in [7, 11) is 0. The van der Waals surface area contributed by atoms with Crippen LogP contribution in [0.3, 0.4) is 0 Å². The van der Waals surface area contributed by atoms with Gasteiger partial charge in [0.2, 0.25) is 23.5 Å². The Morgan fingerprint density at radius 2 is 1.26 bits per heavy atom. The molecule has 1 aliphatic rings. The van der Waals surface area contributed by atoms with Gasteiger partial charge in [0.25, 0.3) is 0 Å². The highest BCUT2D eigenvalue weighted by Gasteiger charge is 2.36.